The van der Waals surface area contributed by atoms with Crippen LogP contribution in [0.25, 0.3) is 5.65 Å². The number of rotatable bonds is 6. The Bertz CT molecular complexity index is 643. The van der Waals surface area contributed by atoms with E-state index < -0.39 is 5.97 Å². The topological polar surface area (TPSA) is 83.7 Å². The maximum absolute atomic E-state index is 12.1. The van der Waals surface area contributed by atoms with E-state index in [2.05, 4.69) is 10.3 Å². The van der Waals surface area contributed by atoms with E-state index in [1.54, 1.807) is 0 Å². The number of carboxylic acid groups (broad SMARTS) is 1. The van der Waals surface area contributed by atoms with Crippen LogP contribution in [0.3, 0.4) is 0 Å². The summed E-state index contributed by atoms with van der Waals surface area (Å²) in [5, 5.41) is 11.7. The fourth-order valence-corrected chi connectivity index (χ4v) is 2.52. The zero-order chi connectivity index (χ0) is 14.8. The molecule has 2 aromatic rings. The lowest BCUT2D eigenvalue weighted by Gasteiger charge is -2.15. The van der Waals surface area contributed by atoms with Crippen LogP contribution >= 0.6 is 0 Å². The number of nitrogens with zero attached hydrogens (tertiary/aromatic N) is 2. The molecule has 0 spiro atoms. The Kier molecular flexibility index (Phi) is 3.60. The number of nitrogens with one attached hydrogen (secondary N) is 1. The minimum Gasteiger partial charge on any atom is -0.481 e. The van der Waals surface area contributed by atoms with E-state index in [0.29, 0.717) is 11.6 Å². The standard InChI is InChI=1S/C15H17N3O3/c19-14(17-12(8-15(20)21)10-4-5-10)7-11-9-18-6-2-1-3-13(18)16-11/h1-3,6,9-10,12H,4-5,7-8H2,(H,17,19)(H,20,21). The maximum atomic E-state index is 12.1. The summed E-state index contributed by atoms with van der Waals surface area (Å²) in [5.74, 6) is -0.734. The highest BCUT2D eigenvalue weighted by atomic mass is 16.4. The molecule has 1 aliphatic rings. The maximum Gasteiger partial charge on any atom is 0.305 e. The predicted octanol–water partition coefficient (Wildman–Crippen LogP) is 1.25. The van der Waals surface area contributed by atoms with Gasteiger partial charge in [-0.1, -0.05) is 6.07 Å². The van der Waals surface area contributed by atoms with Gasteiger partial charge in [-0.05, 0) is 30.9 Å². The van der Waals surface area contributed by atoms with Gasteiger partial charge in [0.25, 0.3) is 0 Å². The summed E-state index contributed by atoms with van der Waals surface area (Å²) in [6.45, 7) is 0. The van der Waals surface area contributed by atoms with Crippen molar-refractivity contribution in [2.24, 2.45) is 5.92 Å². The Balaban J connectivity index is 1.63. The fraction of sp³-hybridized carbons (Fsp3) is 0.400. The van der Waals surface area contributed by atoms with E-state index in [-0.39, 0.29) is 24.8 Å². The average molecular weight is 287 g/mol. The minimum atomic E-state index is -0.875. The Morgan fingerprint density at radius 2 is 2.24 bits per heavy atom. The zero-order valence-electron chi connectivity index (χ0n) is 11.5. The van der Waals surface area contributed by atoms with Gasteiger partial charge in [-0.15, -0.1) is 0 Å². The molecule has 3 rings (SSSR count). The number of carbonyl (C=O) groups excluding carboxylic acids is 1. The molecule has 110 valence electrons. The summed E-state index contributed by atoms with van der Waals surface area (Å²) < 4.78 is 1.86. The van der Waals surface area contributed by atoms with Crippen LogP contribution < -0.4 is 5.32 Å². The summed E-state index contributed by atoms with van der Waals surface area (Å²) in [4.78, 5) is 27.3. The zero-order valence-corrected chi connectivity index (χ0v) is 11.5. The number of carboxylic acids is 1. The lowest BCUT2D eigenvalue weighted by atomic mass is 10.1. The molecule has 2 N–H and O–H groups in total. The van der Waals surface area contributed by atoms with Crippen molar-refractivity contribution in [1.29, 1.82) is 0 Å². The molecule has 2 aromatic heterocycles. The van der Waals surface area contributed by atoms with Crippen molar-refractivity contribution in [3.05, 3.63) is 36.3 Å². The van der Waals surface area contributed by atoms with Crippen LogP contribution in [0.4, 0.5) is 0 Å². The van der Waals surface area contributed by atoms with Gasteiger partial charge in [-0.3, -0.25) is 9.59 Å². The van der Waals surface area contributed by atoms with Gasteiger partial charge in [0.15, 0.2) is 0 Å². The third-order valence-corrected chi connectivity index (χ3v) is 3.69. The molecule has 0 radical (unpaired) electrons. The number of pyridine rings is 1. The second-order valence-electron chi connectivity index (χ2n) is 5.48. The van der Waals surface area contributed by atoms with Crippen LogP contribution in [0.5, 0.6) is 0 Å². The number of amides is 1. The first-order valence-electron chi connectivity index (χ1n) is 7.05. The molecule has 2 heterocycles. The van der Waals surface area contributed by atoms with E-state index in [9.17, 15) is 9.59 Å². The van der Waals surface area contributed by atoms with Crippen LogP contribution in [0, 0.1) is 5.92 Å². The summed E-state index contributed by atoms with van der Waals surface area (Å²) in [6.07, 6.45) is 5.84. The third-order valence-electron chi connectivity index (χ3n) is 3.69. The van der Waals surface area contributed by atoms with Gasteiger partial charge in [0, 0.05) is 18.4 Å². The average Bonchev–Trinajstić information content (AvgIpc) is 3.18. The smallest absolute Gasteiger partial charge is 0.305 e. The minimum absolute atomic E-state index is 0.0123. The van der Waals surface area contributed by atoms with Crippen molar-refractivity contribution in [2.75, 3.05) is 0 Å². The first-order chi connectivity index (χ1) is 10.1. The van der Waals surface area contributed by atoms with E-state index in [4.69, 9.17) is 5.11 Å². The first kappa shape index (κ1) is 13.6. The molecule has 0 bridgehead atoms. The van der Waals surface area contributed by atoms with Crippen LogP contribution in [-0.4, -0.2) is 32.4 Å². The predicted molar refractivity (Wildman–Crippen MR) is 75.8 cm³/mol. The molecule has 21 heavy (non-hydrogen) atoms. The molecule has 6 heteroatoms. The van der Waals surface area contributed by atoms with Crippen LogP contribution in [-0.2, 0) is 16.0 Å². The third kappa shape index (κ3) is 3.39. The molecular weight excluding hydrogens is 270 g/mol. The summed E-state index contributed by atoms with van der Waals surface area (Å²) in [7, 11) is 0. The Labute approximate surface area is 121 Å². The molecule has 1 unspecified atom stereocenters. The molecule has 1 atom stereocenters. The Morgan fingerprint density at radius 3 is 2.90 bits per heavy atom. The first-order valence-corrected chi connectivity index (χ1v) is 7.05. The van der Waals surface area contributed by atoms with Crippen molar-refractivity contribution in [3.8, 4) is 0 Å². The molecule has 0 aliphatic heterocycles. The second-order valence-corrected chi connectivity index (χ2v) is 5.48. The number of carbonyl (C=O) groups is 2. The SMILES string of the molecule is O=C(O)CC(NC(=O)Cc1cn2ccccc2n1)C1CC1. The Morgan fingerprint density at radius 1 is 1.43 bits per heavy atom. The van der Waals surface area contributed by atoms with Gasteiger partial charge in [0.2, 0.25) is 5.91 Å². The van der Waals surface area contributed by atoms with Crippen LogP contribution in [0.15, 0.2) is 30.6 Å². The summed E-state index contributed by atoms with van der Waals surface area (Å²) in [6, 6.07) is 5.40. The Hall–Kier alpha value is -2.37. The molecule has 1 fully saturated rings. The number of aliphatic carboxylic acids is 1. The van der Waals surface area contributed by atoms with Gasteiger partial charge in [-0.25, -0.2) is 4.98 Å². The van der Waals surface area contributed by atoms with E-state index in [1.807, 2.05) is 35.0 Å². The quantitative estimate of drug-likeness (QED) is 0.837. The number of fused-ring (bicyclic) bond motifs is 1. The number of hydrogen-bond donors (Lipinski definition) is 2. The fourth-order valence-electron chi connectivity index (χ4n) is 2.52. The highest BCUT2D eigenvalue weighted by Gasteiger charge is 2.33. The molecule has 1 aliphatic carbocycles. The lowest BCUT2D eigenvalue weighted by molar-refractivity contribution is -0.137. The van der Waals surface area contributed by atoms with E-state index in [1.165, 1.54) is 0 Å². The largest absolute Gasteiger partial charge is 0.481 e. The highest BCUT2D eigenvalue weighted by molar-refractivity contribution is 5.79. The van der Waals surface area contributed by atoms with E-state index in [0.717, 1.165) is 18.5 Å². The number of aromatic nitrogens is 2. The molecule has 6 nitrogen and oxygen atoms in total. The van der Waals surface area contributed by atoms with Gasteiger partial charge in [0.05, 0.1) is 18.5 Å². The van der Waals surface area contributed by atoms with Crippen molar-refractivity contribution in [3.63, 3.8) is 0 Å². The van der Waals surface area contributed by atoms with E-state index >= 15 is 0 Å². The second kappa shape index (κ2) is 5.55. The summed E-state index contributed by atoms with van der Waals surface area (Å²) in [5.41, 5.74) is 1.48. The molecular formula is C15H17N3O3. The van der Waals surface area contributed by atoms with Crippen LogP contribution in [0.2, 0.25) is 0 Å². The molecule has 1 amide bonds. The van der Waals surface area contributed by atoms with Crippen molar-refractivity contribution in [1.82, 2.24) is 14.7 Å². The van der Waals surface area contributed by atoms with Crippen LogP contribution in [0.1, 0.15) is 25.0 Å². The summed E-state index contributed by atoms with van der Waals surface area (Å²) >= 11 is 0. The highest BCUT2D eigenvalue weighted by Crippen LogP contribution is 2.34. The van der Waals surface area contributed by atoms with Crippen molar-refractivity contribution in [2.45, 2.75) is 31.7 Å². The van der Waals surface area contributed by atoms with Crippen molar-refractivity contribution < 1.29 is 14.7 Å². The van der Waals surface area contributed by atoms with Gasteiger partial charge < -0.3 is 14.8 Å². The van der Waals surface area contributed by atoms with Crippen molar-refractivity contribution >= 4 is 17.5 Å². The molecule has 1 saturated carbocycles. The van der Waals surface area contributed by atoms with Gasteiger partial charge in [0.1, 0.15) is 5.65 Å². The number of hydrogen-bond acceptors (Lipinski definition) is 3. The van der Waals surface area contributed by atoms with Gasteiger partial charge in [-0.2, -0.15) is 0 Å². The normalized spacial score (nSPS) is 15.8. The lowest BCUT2D eigenvalue weighted by Crippen LogP contribution is -2.39. The van der Waals surface area contributed by atoms with Gasteiger partial charge >= 0.3 is 5.97 Å². The number of imidazole rings is 1. The monoisotopic (exact) mass is 287 g/mol. The molecule has 0 saturated heterocycles. The molecule has 0 aromatic carbocycles.